The average molecular weight is 640 g/mol. The molecule has 0 saturated heterocycles. The van der Waals surface area contributed by atoms with Gasteiger partial charge in [0, 0.05) is 31.3 Å². The SMILES string of the molecule is C/C=C(\C=C/CN(C(=NC)c1ccc(OCc2cc(C(N)=O)ccc2-c2ccc(CCC)cc2)cc1F)C1CCCCC1)C(=O)OC. The van der Waals surface area contributed by atoms with Gasteiger partial charge in [-0.3, -0.25) is 9.79 Å². The van der Waals surface area contributed by atoms with Crippen LogP contribution in [-0.4, -0.2) is 49.4 Å². The van der Waals surface area contributed by atoms with Gasteiger partial charge in [-0.1, -0.05) is 81.2 Å². The van der Waals surface area contributed by atoms with E-state index in [9.17, 15) is 9.59 Å². The lowest BCUT2D eigenvalue weighted by atomic mass is 9.93. The summed E-state index contributed by atoms with van der Waals surface area (Å²) in [5, 5.41) is 0. The third-order valence-corrected chi connectivity index (χ3v) is 8.60. The number of benzene rings is 3. The van der Waals surface area contributed by atoms with Crippen molar-refractivity contribution in [3.8, 4) is 16.9 Å². The van der Waals surface area contributed by atoms with E-state index in [0.29, 0.717) is 34.8 Å². The van der Waals surface area contributed by atoms with Crippen LogP contribution >= 0.6 is 0 Å². The number of ether oxygens (including phenoxy) is 2. The third-order valence-electron chi connectivity index (χ3n) is 8.60. The van der Waals surface area contributed by atoms with E-state index in [1.807, 2.05) is 12.1 Å². The van der Waals surface area contributed by atoms with Crippen LogP contribution in [0.2, 0.25) is 0 Å². The van der Waals surface area contributed by atoms with Crippen molar-refractivity contribution in [2.75, 3.05) is 20.7 Å². The van der Waals surface area contributed by atoms with Gasteiger partial charge in [0.15, 0.2) is 0 Å². The summed E-state index contributed by atoms with van der Waals surface area (Å²) in [7, 11) is 3.03. The van der Waals surface area contributed by atoms with Crippen molar-refractivity contribution in [1.82, 2.24) is 4.90 Å². The lowest BCUT2D eigenvalue weighted by molar-refractivity contribution is -0.135. The van der Waals surface area contributed by atoms with Crippen molar-refractivity contribution in [2.45, 2.75) is 71.4 Å². The summed E-state index contributed by atoms with van der Waals surface area (Å²) in [5.41, 5.74) is 10.7. The first-order chi connectivity index (χ1) is 22.8. The van der Waals surface area contributed by atoms with Gasteiger partial charge < -0.3 is 20.1 Å². The van der Waals surface area contributed by atoms with Crippen molar-refractivity contribution >= 4 is 17.7 Å². The van der Waals surface area contributed by atoms with Gasteiger partial charge in [-0.2, -0.15) is 0 Å². The molecule has 4 rings (SSSR count). The molecule has 0 radical (unpaired) electrons. The largest absolute Gasteiger partial charge is 0.489 e. The van der Waals surface area contributed by atoms with Crippen molar-refractivity contribution in [3.05, 3.63) is 113 Å². The molecule has 3 aromatic carbocycles. The number of carbonyl (C=O) groups is 2. The topological polar surface area (TPSA) is 94.2 Å². The second-order valence-corrected chi connectivity index (χ2v) is 11.7. The Bertz CT molecular complexity index is 1620. The van der Waals surface area contributed by atoms with E-state index in [4.69, 9.17) is 15.2 Å². The molecule has 8 heteroatoms. The van der Waals surface area contributed by atoms with E-state index < -0.39 is 17.7 Å². The zero-order valence-corrected chi connectivity index (χ0v) is 27.9. The van der Waals surface area contributed by atoms with Crippen LogP contribution in [0, 0.1) is 5.82 Å². The second kappa shape index (κ2) is 17.3. The highest BCUT2D eigenvalue weighted by atomic mass is 19.1. The number of halogens is 1. The molecular formula is C39H46FN3O4. The van der Waals surface area contributed by atoms with E-state index >= 15 is 4.39 Å². The Hall–Kier alpha value is -4.72. The molecule has 47 heavy (non-hydrogen) atoms. The van der Waals surface area contributed by atoms with Gasteiger partial charge in [0.05, 0.1) is 18.2 Å². The molecule has 0 bridgehead atoms. The van der Waals surface area contributed by atoms with Crippen molar-refractivity contribution < 1.29 is 23.5 Å². The van der Waals surface area contributed by atoms with E-state index in [-0.39, 0.29) is 12.6 Å². The predicted molar refractivity (Wildman–Crippen MR) is 186 cm³/mol. The van der Waals surface area contributed by atoms with Gasteiger partial charge in [-0.05, 0) is 72.7 Å². The van der Waals surface area contributed by atoms with Gasteiger partial charge in [0.1, 0.15) is 24.0 Å². The molecule has 0 aliphatic heterocycles. The van der Waals surface area contributed by atoms with Crippen LogP contribution in [0.15, 0.2) is 89.5 Å². The van der Waals surface area contributed by atoms with E-state index in [2.05, 4.69) is 41.1 Å². The predicted octanol–water partition coefficient (Wildman–Crippen LogP) is 7.81. The Kier molecular flexibility index (Phi) is 12.9. The highest BCUT2D eigenvalue weighted by molar-refractivity contribution is 5.99. The molecule has 0 atom stereocenters. The molecule has 1 amide bonds. The van der Waals surface area contributed by atoms with Gasteiger partial charge in [-0.15, -0.1) is 0 Å². The lowest BCUT2D eigenvalue weighted by Crippen LogP contribution is -2.42. The molecule has 0 spiro atoms. The van der Waals surface area contributed by atoms with E-state index in [1.165, 1.54) is 25.2 Å². The fourth-order valence-electron chi connectivity index (χ4n) is 6.11. The molecule has 3 aromatic rings. The Morgan fingerprint density at radius 1 is 1.04 bits per heavy atom. The number of aliphatic imine (C=N–C) groups is 1. The number of esters is 1. The maximum atomic E-state index is 15.9. The fourth-order valence-corrected chi connectivity index (χ4v) is 6.11. The zero-order valence-electron chi connectivity index (χ0n) is 27.9. The number of nitrogens with zero attached hydrogens (tertiary/aromatic N) is 2. The molecule has 1 aliphatic carbocycles. The van der Waals surface area contributed by atoms with Crippen LogP contribution in [0.1, 0.15) is 79.4 Å². The van der Waals surface area contributed by atoms with Crippen molar-refractivity contribution in [3.63, 3.8) is 0 Å². The molecule has 1 fully saturated rings. The summed E-state index contributed by atoms with van der Waals surface area (Å²) >= 11 is 0. The summed E-state index contributed by atoms with van der Waals surface area (Å²) in [4.78, 5) is 30.7. The Morgan fingerprint density at radius 2 is 1.79 bits per heavy atom. The molecule has 0 heterocycles. The van der Waals surface area contributed by atoms with Crippen molar-refractivity contribution in [2.24, 2.45) is 10.7 Å². The number of amides is 1. The number of hydrogen-bond acceptors (Lipinski definition) is 5. The average Bonchev–Trinajstić information content (AvgIpc) is 3.09. The van der Waals surface area contributed by atoms with Gasteiger partial charge in [-0.25, -0.2) is 9.18 Å². The maximum Gasteiger partial charge on any atom is 0.337 e. The minimum atomic E-state index is -0.525. The molecule has 0 unspecified atom stereocenters. The number of aryl methyl sites for hydroxylation is 1. The summed E-state index contributed by atoms with van der Waals surface area (Å²) in [6, 6.07) is 18.7. The standard InChI is InChI=1S/C39H46FN3O4/c1-5-11-27-15-17-29(18-16-27)34-21-19-30(37(41)44)24-31(34)26-47-33-20-22-35(36(40)25-33)38(42-3)43(32-13-8-7-9-14-32)23-10-12-28(6-2)39(45)46-4/h6,10,12,15-22,24-25,32H,5,7-9,11,13-14,23,26H2,1-4H3,(H2,41,44)/b12-10-,28-6+,42-38?. The Balaban J connectivity index is 1.57. The van der Waals surface area contributed by atoms with Crippen LogP contribution in [0.25, 0.3) is 11.1 Å². The number of methoxy groups -OCH3 is 1. The Morgan fingerprint density at radius 3 is 2.40 bits per heavy atom. The second-order valence-electron chi connectivity index (χ2n) is 11.7. The number of rotatable bonds is 13. The summed E-state index contributed by atoms with van der Waals surface area (Å²) in [6.45, 7) is 4.51. The number of carbonyl (C=O) groups excluding carboxylic acids is 2. The van der Waals surface area contributed by atoms with Crippen LogP contribution < -0.4 is 10.5 Å². The first-order valence-corrected chi connectivity index (χ1v) is 16.4. The number of hydrogen-bond donors (Lipinski definition) is 1. The fraction of sp³-hybridized carbons (Fsp3) is 0.359. The lowest BCUT2D eigenvalue weighted by Gasteiger charge is -2.36. The monoisotopic (exact) mass is 639 g/mol. The van der Waals surface area contributed by atoms with Gasteiger partial charge in [0.2, 0.25) is 5.91 Å². The van der Waals surface area contributed by atoms with E-state index in [0.717, 1.165) is 55.2 Å². The number of nitrogens with two attached hydrogens (primary N) is 1. The smallest absolute Gasteiger partial charge is 0.337 e. The molecule has 2 N–H and O–H groups in total. The normalized spacial score (nSPS) is 14.3. The Labute approximate surface area is 278 Å². The summed E-state index contributed by atoms with van der Waals surface area (Å²) in [5.74, 6) is -0.474. The molecule has 7 nitrogen and oxygen atoms in total. The highest BCUT2D eigenvalue weighted by Crippen LogP contribution is 2.29. The maximum absolute atomic E-state index is 15.9. The molecule has 0 aromatic heterocycles. The molecule has 1 saturated carbocycles. The number of amidine groups is 1. The van der Waals surface area contributed by atoms with Crippen LogP contribution in [0.3, 0.4) is 0 Å². The van der Waals surface area contributed by atoms with Gasteiger partial charge >= 0.3 is 5.97 Å². The first kappa shape index (κ1) is 35.1. The van der Waals surface area contributed by atoms with Crippen molar-refractivity contribution in [1.29, 1.82) is 0 Å². The van der Waals surface area contributed by atoms with Gasteiger partial charge in [0.25, 0.3) is 0 Å². The third kappa shape index (κ3) is 9.18. The summed E-state index contributed by atoms with van der Waals surface area (Å²) in [6.07, 6.45) is 12.8. The highest BCUT2D eigenvalue weighted by Gasteiger charge is 2.26. The molecule has 1 aliphatic rings. The van der Waals surface area contributed by atoms with Crippen LogP contribution in [0.5, 0.6) is 5.75 Å². The number of primary amides is 1. The minimum absolute atomic E-state index is 0.118. The first-order valence-electron chi connectivity index (χ1n) is 16.4. The summed E-state index contributed by atoms with van der Waals surface area (Å²) < 4.78 is 26.9. The van der Waals surface area contributed by atoms with E-state index in [1.54, 1.807) is 50.4 Å². The van der Waals surface area contributed by atoms with Crippen LogP contribution in [0.4, 0.5) is 4.39 Å². The quantitative estimate of drug-likeness (QED) is 0.0677. The molecular weight excluding hydrogens is 593 g/mol. The number of allylic oxidation sites excluding steroid dienone is 1. The molecule has 248 valence electrons. The van der Waals surface area contributed by atoms with Crippen LogP contribution in [-0.2, 0) is 22.6 Å². The minimum Gasteiger partial charge on any atom is -0.489 e. The zero-order chi connectivity index (χ0) is 33.8.